The summed E-state index contributed by atoms with van der Waals surface area (Å²) in [5.41, 5.74) is 5.58. The lowest BCUT2D eigenvalue weighted by Crippen LogP contribution is -2.54. The first-order chi connectivity index (χ1) is 20.7. The van der Waals surface area contributed by atoms with E-state index in [1.54, 1.807) is 4.90 Å². The Morgan fingerprint density at radius 1 is 1.23 bits per heavy atom. The third kappa shape index (κ3) is 5.41. The van der Waals surface area contributed by atoms with Crippen molar-refractivity contribution in [3.8, 4) is 16.9 Å². The summed E-state index contributed by atoms with van der Waals surface area (Å²) in [4.78, 5) is 43.3. The Hall–Kier alpha value is -4.36. The number of anilines is 2. The van der Waals surface area contributed by atoms with Gasteiger partial charge in [0.05, 0.1) is 37.9 Å². The Morgan fingerprint density at radius 2 is 1.95 bits per heavy atom. The number of hydrogen-bond acceptors (Lipinski definition) is 9. The van der Waals surface area contributed by atoms with E-state index >= 15 is 4.39 Å². The van der Waals surface area contributed by atoms with Gasteiger partial charge < -0.3 is 15.5 Å². The molecule has 4 heterocycles. The van der Waals surface area contributed by atoms with E-state index in [4.69, 9.17) is 22.3 Å². The fraction of sp³-hybridized carbons (Fsp3) is 0.300. The van der Waals surface area contributed by atoms with E-state index in [2.05, 4.69) is 16.5 Å². The van der Waals surface area contributed by atoms with E-state index in [1.165, 1.54) is 42.6 Å². The maximum Gasteiger partial charge on any atom is 0.355 e. The van der Waals surface area contributed by atoms with Crippen molar-refractivity contribution in [1.82, 2.24) is 24.4 Å². The quantitative estimate of drug-likeness (QED) is 0.245. The van der Waals surface area contributed by atoms with Crippen LogP contribution in [0.2, 0.25) is 5.02 Å². The molecule has 4 aromatic rings. The highest BCUT2D eigenvalue weighted by atomic mass is 35.5. The van der Waals surface area contributed by atoms with Crippen LogP contribution in [0.4, 0.5) is 15.9 Å². The Labute approximate surface area is 258 Å². The van der Waals surface area contributed by atoms with Crippen molar-refractivity contribution >= 4 is 49.9 Å². The number of nitrogen functional groups attached to an aromatic ring is 1. The van der Waals surface area contributed by atoms with Crippen LogP contribution in [0, 0.1) is 5.82 Å². The van der Waals surface area contributed by atoms with Gasteiger partial charge in [0, 0.05) is 43.8 Å². The van der Waals surface area contributed by atoms with Gasteiger partial charge in [-0.15, -0.1) is 0 Å². The number of piperazine rings is 1. The maximum atomic E-state index is 15.2. The van der Waals surface area contributed by atoms with Gasteiger partial charge in [0.2, 0.25) is 5.91 Å². The minimum absolute atomic E-state index is 0.00391. The number of pyridine rings is 2. The van der Waals surface area contributed by atoms with Gasteiger partial charge >= 0.3 is 5.69 Å². The van der Waals surface area contributed by atoms with Gasteiger partial charge in [0.25, 0.3) is 0 Å². The first kappa shape index (κ1) is 31.1. The lowest BCUT2D eigenvalue weighted by Gasteiger charge is -2.40. The van der Waals surface area contributed by atoms with Crippen molar-refractivity contribution in [3.05, 3.63) is 76.2 Å². The molecule has 0 saturated carbocycles. The van der Waals surface area contributed by atoms with Gasteiger partial charge in [0.15, 0.2) is 15.5 Å². The van der Waals surface area contributed by atoms with Crippen LogP contribution in [-0.4, -0.2) is 70.7 Å². The van der Waals surface area contributed by atoms with Crippen molar-refractivity contribution < 1.29 is 17.6 Å². The molecule has 1 amide bonds. The number of hydrogen-bond donors (Lipinski definition) is 1. The van der Waals surface area contributed by atoms with Crippen molar-refractivity contribution in [2.45, 2.75) is 37.6 Å². The smallest absolute Gasteiger partial charge is 0.355 e. The molecule has 14 heteroatoms. The fourth-order valence-corrected chi connectivity index (χ4v) is 6.59. The number of benzene rings is 1. The molecule has 1 aromatic carbocycles. The average Bonchev–Trinajstić information content (AvgIpc) is 2.96. The number of aromatic nitrogens is 4. The molecule has 1 saturated heterocycles. The lowest BCUT2D eigenvalue weighted by atomic mass is 10.1. The van der Waals surface area contributed by atoms with Gasteiger partial charge in [0.1, 0.15) is 11.6 Å². The van der Waals surface area contributed by atoms with E-state index < -0.39 is 21.3 Å². The Morgan fingerprint density at radius 3 is 2.57 bits per heavy atom. The predicted octanol–water partition coefficient (Wildman–Crippen LogP) is 3.97. The van der Waals surface area contributed by atoms with E-state index in [0.717, 1.165) is 10.8 Å². The summed E-state index contributed by atoms with van der Waals surface area (Å²) in [6, 6.07) is 6.70. The van der Waals surface area contributed by atoms with E-state index in [9.17, 15) is 18.0 Å². The molecule has 3 aromatic heterocycles. The first-order valence-corrected chi connectivity index (χ1v) is 16.1. The summed E-state index contributed by atoms with van der Waals surface area (Å²) in [6.07, 6.45) is 3.65. The van der Waals surface area contributed by atoms with Crippen LogP contribution in [-0.2, 0) is 14.6 Å². The summed E-state index contributed by atoms with van der Waals surface area (Å²) >= 11 is 6.75. The molecule has 230 valence electrons. The number of carbonyl (C=O) groups excluding carboxylic acids is 1. The zero-order valence-corrected chi connectivity index (χ0v) is 26.2. The topological polar surface area (TPSA) is 144 Å². The van der Waals surface area contributed by atoms with Crippen LogP contribution >= 0.6 is 11.6 Å². The molecule has 1 aliphatic heterocycles. The Bertz CT molecular complexity index is 1980. The number of carbonyl (C=O) groups is 1. The van der Waals surface area contributed by atoms with Crippen LogP contribution in [0.25, 0.3) is 28.0 Å². The van der Waals surface area contributed by atoms with Crippen molar-refractivity contribution in [2.24, 2.45) is 0 Å². The van der Waals surface area contributed by atoms with Crippen LogP contribution < -0.4 is 16.3 Å². The molecule has 1 atom stereocenters. The van der Waals surface area contributed by atoms with Crippen LogP contribution in [0.3, 0.4) is 0 Å². The van der Waals surface area contributed by atoms with Crippen LogP contribution in [0.15, 0.2) is 58.9 Å². The van der Waals surface area contributed by atoms with E-state index in [0.29, 0.717) is 30.7 Å². The van der Waals surface area contributed by atoms with Gasteiger partial charge in [-0.05, 0) is 43.2 Å². The summed E-state index contributed by atoms with van der Waals surface area (Å²) in [6.45, 7) is 10.1. The summed E-state index contributed by atoms with van der Waals surface area (Å²) in [5, 5.41) is 0.343. The predicted molar refractivity (Wildman–Crippen MR) is 169 cm³/mol. The number of sulfone groups is 1. The van der Waals surface area contributed by atoms with Crippen LogP contribution in [0.5, 0.6) is 0 Å². The zero-order valence-electron chi connectivity index (χ0n) is 24.6. The fourth-order valence-electron chi connectivity index (χ4n) is 5.49. The molecule has 0 aliphatic carbocycles. The molecule has 5 rings (SSSR count). The van der Waals surface area contributed by atoms with Gasteiger partial charge in [-0.1, -0.05) is 38.1 Å². The second-order valence-corrected chi connectivity index (χ2v) is 13.3. The standard InChI is InChI=1S/C30H31ClFN7O4S/c1-6-23(40)37-12-13-38(17(4)15-37)28-18-14-19(31)26(24-20(32)8-7-9-21(24)33)35-29(18)39(30(41)36-28)27-22(44(5,42)43)10-11-34-25(27)16(2)3/h6-11,14,16-17H,1,12-13,15,33H2,2-5H3/t17-/m0/s1. The molecule has 0 unspecified atom stereocenters. The number of halogens is 2. The van der Waals surface area contributed by atoms with Crippen molar-refractivity contribution in [3.63, 3.8) is 0 Å². The second kappa shape index (κ2) is 11.6. The maximum absolute atomic E-state index is 15.2. The zero-order chi connectivity index (χ0) is 32.1. The molecular weight excluding hydrogens is 609 g/mol. The summed E-state index contributed by atoms with van der Waals surface area (Å²) in [7, 11) is -3.88. The van der Waals surface area contributed by atoms with Crippen molar-refractivity contribution in [1.29, 1.82) is 0 Å². The normalized spacial score (nSPS) is 15.7. The molecule has 44 heavy (non-hydrogen) atoms. The van der Waals surface area contributed by atoms with E-state index in [1.807, 2.05) is 25.7 Å². The highest BCUT2D eigenvalue weighted by Crippen LogP contribution is 2.38. The number of rotatable bonds is 6. The Kier molecular flexibility index (Phi) is 8.21. The molecule has 1 aliphatic rings. The third-order valence-corrected chi connectivity index (χ3v) is 8.97. The monoisotopic (exact) mass is 639 g/mol. The SMILES string of the molecule is C=CC(=O)N1CCN(c2nc(=O)n(-c3c(S(C)(=O)=O)ccnc3C(C)C)c3nc(-c4c(N)cccc4F)c(Cl)cc23)[C@@H](C)C1. The number of nitrogens with two attached hydrogens (primary N) is 1. The van der Waals surface area contributed by atoms with Gasteiger partial charge in [-0.25, -0.2) is 27.2 Å². The largest absolute Gasteiger partial charge is 0.398 e. The third-order valence-electron chi connectivity index (χ3n) is 7.56. The second-order valence-electron chi connectivity index (χ2n) is 10.9. The highest BCUT2D eigenvalue weighted by Gasteiger charge is 2.32. The van der Waals surface area contributed by atoms with Gasteiger partial charge in [-0.2, -0.15) is 4.98 Å². The average molecular weight is 640 g/mol. The number of nitrogens with zero attached hydrogens (tertiary/aromatic N) is 6. The lowest BCUT2D eigenvalue weighted by molar-refractivity contribution is -0.126. The minimum atomic E-state index is -3.88. The summed E-state index contributed by atoms with van der Waals surface area (Å²) in [5.74, 6) is -0.970. The number of fused-ring (bicyclic) bond motifs is 1. The minimum Gasteiger partial charge on any atom is -0.398 e. The molecule has 0 spiro atoms. The molecule has 0 radical (unpaired) electrons. The molecule has 11 nitrogen and oxygen atoms in total. The van der Waals surface area contributed by atoms with Crippen LogP contribution in [0.1, 0.15) is 32.4 Å². The van der Waals surface area contributed by atoms with Gasteiger partial charge in [-0.3, -0.25) is 9.78 Å². The van der Waals surface area contributed by atoms with E-state index in [-0.39, 0.29) is 61.9 Å². The van der Waals surface area contributed by atoms with Crippen molar-refractivity contribution in [2.75, 3.05) is 36.5 Å². The molecule has 0 bridgehead atoms. The molecular formula is C30H31ClFN7O4S. The first-order valence-electron chi connectivity index (χ1n) is 13.8. The Balaban J connectivity index is 1.90. The molecule has 1 fully saturated rings. The summed E-state index contributed by atoms with van der Waals surface area (Å²) < 4.78 is 42.3. The number of amides is 1. The molecule has 2 N–H and O–H groups in total. The highest BCUT2D eigenvalue weighted by molar-refractivity contribution is 7.90.